The second-order valence-corrected chi connectivity index (χ2v) is 4.39. The Kier molecular flexibility index (Phi) is 3.26. The third-order valence-corrected chi connectivity index (χ3v) is 3.41. The van der Waals surface area contributed by atoms with E-state index in [-0.39, 0.29) is 6.04 Å². The molecule has 0 saturated carbocycles. The first-order chi connectivity index (χ1) is 7.69. The second kappa shape index (κ2) is 4.52. The van der Waals surface area contributed by atoms with Gasteiger partial charge in [-0.3, -0.25) is 0 Å². The molecule has 0 heterocycles. The molecule has 0 aliphatic heterocycles. The number of ether oxygens (including phenoxy) is 2. The lowest BCUT2D eigenvalue weighted by molar-refractivity contribution is 0.346. The van der Waals surface area contributed by atoms with Gasteiger partial charge in [-0.15, -0.1) is 0 Å². The van der Waals surface area contributed by atoms with Crippen molar-refractivity contribution in [3.05, 3.63) is 22.2 Å². The number of hydrogen-bond donors (Lipinski definition) is 1. The maximum atomic E-state index is 6.23. The summed E-state index contributed by atoms with van der Waals surface area (Å²) in [7, 11) is 3.24. The minimum Gasteiger partial charge on any atom is -0.493 e. The number of benzene rings is 1. The highest BCUT2D eigenvalue weighted by Gasteiger charge is 2.26. The molecule has 1 aromatic rings. The highest BCUT2D eigenvalue weighted by Crippen LogP contribution is 2.44. The topological polar surface area (TPSA) is 44.5 Å². The minimum absolute atomic E-state index is 0.00806. The van der Waals surface area contributed by atoms with Crippen LogP contribution >= 0.6 is 11.6 Å². The van der Waals surface area contributed by atoms with Crippen molar-refractivity contribution in [3.8, 4) is 11.5 Å². The Morgan fingerprint density at radius 1 is 1.38 bits per heavy atom. The summed E-state index contributed by atoms with van der Waals surface area (Å²) in [5.74, 6) is 1.39. The molecule has 1 atom stereocenters. The SMILES string of the molecule is COc1cc(Cl)c2c(c1OC)C(N)CCC2. The summed E-state index contributed by atoms with van der Waals surface area (Å²) < 4.78 is 10.7. The first kappa shape index (κ1) is 11.6. The Labute approximate surface area is 100 Å². The maximum Gasteiger partial charge on any atom is 0.165 e. The van der Waals surface area contributed by atoms with Crippen LogP contribution in [0, 0.1) is 0 Å². The standard InChI is InChI=1S/C12H16ClNO2/c1-15-10-6-8(13)7-4-3-5-9(14)11(7)12(10)16-2/h6,9H,3-5,14H2,1-2H3. The molecule has 3 nitrogen and oxygen atoms in total. The van der Waals surface area contributed by atoms with E-state index in [0.717, 1.165) is 41.2 Å². The number of hydrogen-bond acceptors (Lipinski definition) is 3. The van der Waals surface area contributed by atoms with E-state index in [1.54, 1.807) is 20.3 Å². The molecule has 0 radical (unpaired) electrons. The van der Waals surface area contributed by atoms with Gasteiger partial charge in [0, 0.05) is 22.7 Å². The Morgan fingerprint density at radius 2 is 2.12 bits per heavy atom. The summed E-state index contributed by atoms with van der Waals surface area (Å²) >= 11 is 6.23. The zero-order valence-corrected chi connectivity index (χ0v) is 10.3. The van der Waals surface area contributed by atoms with Gasteiger partial charge in [-0.2, -0.15) is 0 Å². The van der Waals surface area contributed by atoms with E-state index < -0.39 is 0 Å². The van der Waals surface area contributed by atoms with Crippen molar-refractivity contribution in [3.63, 3.8) is 0 Å². The van der Waals surface area contributed by atoms with E-state index >= 15 is 0 Å². The molecule has 0 bridgehead atoms. The Hall–Kier alpha value is -0.930. The summed E-state index contributed by atoms with van der Waals surface area (Å²) in [5.41, 5.74) is 8.24. The van der Waals surface area contributed by atoms with Crippen LogP contribution in [0.1, 0.15) is 30.0 Å². The molecule has 2 rings (SSSR count). The number of rotatable bonds is 2. The van der Waals surface area contributed by atoms with Crippen molar-refractivity contribution >= 4 is 11.6 Å². The molecule has 0 spiro atoms. The van der Waals surface area contributed by atoms with Crippen LogP contribution in [-0.4, -0.2) is 14.2 Å². The quantitative estimate of drug-likeness (QED) is 0.866. The number of fused-ring (bicyclic) bond motifs is 1. The van der Waals surface area contributed by atoms with E-state index in [1.165, 1.54) is 0 Å². The zero-order chi connectivity index (χ0) is 11.7. The van der Waals surface area contributed by atoms with Crippen molar-refractivity contribution < 1.29 is 9.47 Å². The van der Waals surface area contributed by atoms with Gasteiger partial charge in [0.1, 0.15) is 0 Å². The molecule has 1 aliphatic carbocycles. The van der Waals surface area contributed by atoms with Gasteiger partial charge < -0.3 is 15.2 Å². The van der Waals surface area contributed by atoms with E-state index in [2.05, 4.69) is 0 Å². The monoisotopic (exact) mass is 241 g/mol. The molecule has 2 N–H and O–H groups in total. The fourth-order valence-electron chi connectivity index (χ4n) is 2.32. The zero-order valence-electron chi connectivity index (χ0n) is 9.55. The van der Waals surface area contributed by atoms with Gasteiger partial charge in [-0.25, -0.2) is 0 Å². The van der Waals surface area contributed by atoms with Crippen LogP contribution in [0.15, 0.2) is 6.07 Å². The molecular formula is C12H16ClNO2. The van der Waals surface area contributed by atoms with Crippen molar-refractivity contribution in [1.82, 2.24) is 0 Å². The van der Waals surface area contributed by atoms with Crippen molar-refractivity contribution in [2.45, 2.75) is 25.3 Å². The van der Waals surface area contributed by atoms with Crippen LogP contribution < -0.4 is 15.2 Å². The van der Waals surface area contributed by atoms with Crippen molar-refractivity contribution in [2.75, 3.05) is 14.2 Å². The lowest BCUT2D eigenvalue weighted by atomic mass is 9.87. The summed E-state index contributed by atoms with van der Waals surface area (Å²) in [6.07, 6.45) is 3.00. The van der Waals surface area contributed by atoms with E-state index in [1.807, 2.05) is 0 Å². The third kappa shape index (κ3) is 1.74. The fraction of sp³-hybridized carbons (Fsp3) is 0.500. The van der Waals surface area contributed by atoms with Crippen LogP contribution in [0.25, 0.3) is 0 Å². The maximum absolute atomic E-state index is 6.23. The van der Waals surface area contributed by atoms with E-state index in [4.69, 9.17) is 26.8 Å². The normalized spacial score (nSPS) is 19.1. The van der Waals surface area contributed by atoms with Crippen molar-refractivity contribution in [2.24, 2.45) is 5.73 Å². The van der Waals surface area contributed by atoms with Crippen LogP contribution in [0.4, 0.5) is 0 Å². The summed E-state index contributed by atoms with van der Waals surface area (Å²) in [4.78, 5) is 0. The van der Waals surface area contributed by atoms with Crippen LogP contribution in [-0.2, 0) is 6.42 Å². The Bertz CT molecular complexity index is 406. The number of halogens is 1. The Morgan fingerprint density at radius 3 is 2.75 bits per heavy atom. The largest absolute Gasteiger partial charge is 0.493 e. The molecule has 16 heavy (non-hydrogen) atoms. The molecule has 1 unspecified atom stereocenters. The highest BCUT2D eigenvalue weighted by molar-refractivity contribution is 6.31. The molecule has 0 fully saturated rings. The lowest BCUT2D eigenvalue weighted by Crippen LogP contribution is -2.19. The number of methoxy groups -OCH3 is 2. The smallest absolute Gasteiger partial charge is 0.165 e. The highest BCUT2D eigenvalue weighted by atomic mass is 35.5. The minimum atomic E-state index is -0.00806. The van der Waals surface area contributed by atoms with Crippen LogP contribution in [0.2, 0.25) is 5.02 Å². The predicted molar refractivity (Wildman–Crippen MR) is 64.4 cm³/mol. The second-order valence-electron chi connectivity index (χ2n) is 3.98. The average Bonchev–Trinajstić information content (AvgIpc) is 2.29. The van der Waals surface area contributed by atoms with Crippen LogP contribution in [0.5, 0.6) is 11.5 Å². The first-order valence-electron chi connectivity index (χ1n) is 5.37. The Balaban J connectivity index is 2.65. The molecule has 88 valence electrons. The van der Waals surface area contributed by atoms with Gasteiger partial charge in [0.05, 0.1) is 14.2 Å². The van der Waals surface area contributed by atoms with Crippen molar-refractivity contribution in [1.29, 1.82) is 0 Å². The average molecular weight is 242 g/mol. The predicted octanol–water partition coefficient (Wildman–Crippen LogP) is 2.69. The van der Waals surface area contributed by atoms with E-state index in [9.17, 15) is 0 Å². The molecule has 1 aromatic carbocycles. The number of nitrogens with two attached hydrogens (primary N) is 1. The third-order valence-electron chi connectivity index (χ3n) is 3.08. The first-order valence-corrected chi connectivity index (χ1v) is 5.75. The molecule has 4 heteroatoms. The van der Waals surface area contributed by atoms with Gasteiger partial charge in [0.15, 0.2) is 11.5 Å². The van der Waals surface area contributed by atoms with Gasteiger partial charge in [-0.05, 0) is 24.8 Å². The fourth-order valence-corrected chi connectivity index (χ4v) is 2.61. The molecule has 0 aromatic heterocycles. The van der Waals surface area contributed by atoms with Gasteiger partial charge in [-0.1, -0.05) is 11.6 Å². The van der Waals surface area contributed by atoms with E-state index in [0.29, 0.717) is 5.75 Å². The molecular weight excluding hydrogens is 226 g/mol. The van der Waals surface area contributed by atoms with Gasteiger partial charge in [0.25, 0.3) is 0 Å². The molecule has 0 amide bonds. The molecule has 0 saturated heterocycles. The van der Waals surface area contributed by atoms with Gasteiger partial charge >= 0.3 is 0 Å². The molecule has 1 aliphatic rings. The summed E-state index contributed by atoms with van der Waals surface area (Å²) in [6, 6.07) is 1.79. The van der Waals surface area contributed by atoms with Gasteiger partial charge in [0.2, 0.25) is 0 Å². The summed E-state index contributed by atoms with van der Waals surface area (Å²) in [5, 5.41) is 0.725. The summed E-state index contributed by atoms with van der Waals surface area (Å²) in [6.45, 7) is 0. The van der Waals surface area contributed by atoms with Crippen LogP contribution in [0.3, 0.4) is 0 Å². The lowest BCUT2D eigenvalue weighted by Gasteiger charge is -2.26.